The SMILES string of the molecule is CC(C)n1c2ccccc2c2cc(-c3ccc(/C=C/c4ccc(-c5ccc6c(c5)c5ccccc5n6C(C)C)cc4)cc3)ccc21. The van der Waals surface area contributed by atoms with Crippen LogP contribution in [0.25, 0.3) is 78.0 Å². The highest BCUT2D eigenvalue weighted by molar-refractivity contribution is 6.10. The van der Waals surface area contributed by atoms with E-state index in [0.29, 0.717) is 12.1 Å². The minimum absolute atomic E-state index is 0.406. The highest BCUT2D eigenvalue weighted by Crippen LogP contribution is 2.36. The van der Waals surface area contributed by atoms with Crippen LogP contribution in [0.5, 0.6) is 0 Å². The molecule has 2 nitrogen and oxygen atoms in total. The lowest BCUT2D eigenvalue weighted by atomic mass is 10.00. The van der Waals surface area contributed by atoms with Gasteiger partial charge in [0, 0.05) is 55.7 Å². The van der Waals surface area contributed by atoms with Crippen LogP contribution in [0.15, 0.2) is 133 Å². The Balaban J connectivity index is 1.03. The van der Waals surface area contributed by atoms with Crippen molar-refractivity contribution in [2.75, 3.05) is 0 Å². The van der Waals surface area contributed by atoms with Crippen molar-refractivity contribution in [2.45, 2.75) is 39.8 Å². The summed E-state index contributed by atoms with van der Waals surface area (Å²) in [5.74, 6) is 0. The molecule has 2 aromatic heterocycles. The maximum atomic E-state index is 2.44. The summed E-state index contributed by atoms with van der Waals surface area (Å²) in [5.41, 5.74) is 12.5. The number of hydrogen-bond acceptors (Lipinski definition) is 0. The molecule has 0 spiro atoms. The quantitative estimate of drug-likeness (QED) is 0.170. The smallest absolute Gasteiger partial charge is 0.0494 e. The van der Waals surface area contributed by atoms with E-state index in [4.69, 9.17) is 0 Å². The molecule has 0 N–H and O–H groups in total. The minimum atomic E-state index is 0.406. The van der Waals surface area contributed by atoms with E-state index in [9.17, 15) is 0 Å². The second-order valence-electron chi connectivity index (χ2n) is 13.0. The van der Waals surface area contributed by atoms with Crippen molar-refractivity contribution in [1.29, 1.82) is 0 Å². The summed E-state index contributed by atoms with van der Waals surface area (Å²) in [6.07, 6.45) is 4.40. The second-order valence-corrected chi connectivity index (χ2v) is 13.0. The Morgan fingerprint density at radius 3 is 1.11 bits per heavy atom. The van der Waals surface area contributed by atoms with Crippen LogP contribution < -0.4 is 0 Å². The molecule has 0 radical (unpaired) electrons. The molecule has 8 aromatic rings. The number of hydrogen-bond donors (Lipinski definition) is 0. The number of aromatic nitrogens is 2. The molecule has 224 valence electrons. The summed E-state index contributed by atoms with van der Waals surface area (Å²) in [6.45, 7) is 9.03. The molecule has 0 unspecified atom stereocenters. The molecule has 0 saturated carbocycles. The summed E-state index contributed by atoms with van der Waals surface area (Å²) in [6, 6.07) is 49.9. The van der Waals surface area contributed by atoms with Crippen molar-refractivity contribution < 1.29 is 0 Å². The maximum Gasteiger partial charge on any atom is 0.0494 e. The lowest BCUT2D eigenvalue weighted by Crippen LogP contribution is -1.99. The molecule has 0 aliphatic rings. The van der Waals surface area contributed by atoms with Gasteiger partial charge in [-0.2, -0.15) is 0 Å². The van der Waals surface area contributed by atoms with Gasteiger partial charge in [0.2, 0.25) is 0 Å². The van der Waals surface area contributed by atoms with Gasteiger partial charge in [-0.05, 0) is 97.5 Å². The topological polar surface area (TPSA) is 9.86 Å². The lowest BCUT2D eigenvalue weighted by molar-refractivity contribution is 0.642. The van der Waals surface area contributed by atoms with Crippen LogP contribution in [-0.4, -0.2) is 9.13 Å². The van der Waals surface area contributed by atoms with Gasteiger partial charge < -0.3 is 9.13 Å². The number of rotatable bonds is 6. The molecule has 2 heteroatoms. The van der Waals surface area contributed by atoms with E-state index >= 15 is 0 Å². The summed E-state index contributed by atoms with van der Waals surface area (Å²) in [7, 11) is 0. The lowest BCUT2D eigenvalue weighted by Gasteiger charge is -2.11. The molecule has 2 heterocycles. The van der Waals surface area contributed by atoms with Gasteiger partial charge in [-0.1, -0.05) is 109 Å². The van der Waals surface area contributed by atoms with Crippen molar-refractivity contribution in [3.8, 4) is 22.3 Å². The molecule has 0 saturated heterocycles. The molecule has 0 amide bonds. The fourth-order valence-electron chi connectivity index (χ4n) is 7.24. The molecule has 0 bridgehead atoms. The first-order chi connectivity index (χ1) is 22.5. The van der Waals surface area contributed by atoms with Gasteiger partial charge in [0.15, 0.2) is 0 Å². The highest BCUT2D eigenvalue weighted by atomic mass is 15.0. The standard InChI is InChI=1S/C44H38N2/c1-29(2)45-41-11-7-5-9-37(41)39-27-35(23-25-43(39)45)33-19-15-31(16-20-33)13-14-32-17-21-34(22-18-32)36-24-26-44-40(28-36)38-10-6-8-12-42(38)46(44)30(3)4/h5-30H,1-4H3/b14-13+. The second kappa shape index (κ2) is 11.2. The van der Waals surface area contributed by atoms with E-state index in [2.05, 4.69) is 182 Å². The predicted octanol–water partition coefficient (Wildman–Crippen LogP) is 12.6. The molecular weight excluding hydrogens is 556 g/mol. The molecule has 0 fully saturated rings. The molecular formula is C44H38N2. The first-order valence-corrected chi connectivity index (χ1v) is 16.4. The van der Waals surface area contributed by atoms with Gasteiger partial charge in [-0.3, -0.25) is 0 Å². The van der Waals surface area contributed by atoms with Gasteiger partial charge in [-0.25, -0.2) is 0 Å². The van der Waals surface area contributed by atoms with E-state index in [0.717, 1.165) is 0 Å². The first-order valence-electron chi connectivity index (χ1n) is 16.4. The van der Waals surface area contributed by atoms with Gasteiger partial charge in [-0.15, -0.1) is 0 Å². The molecule has 6 aromatic carbocycles. The van der Waals surface area contributed by atoms with Crippen molar-refractivity contribution in [2.24, 2.45) is 0 Å². The monoisotopic (exact) mass is 594 g/mol. The molecule has 0 atom stereocenters. The molecule has 8 rings (SSSR count). The average molecular weight is 595 g/mol. The van der Waals surface area contributed by atoms with Crippen LogP contribution in [-0.2, 0) is 0 Å². The first kappa shape index (κ1) is 28.2. The number of fused-ring (bicyclic) bond motifs is 6. The van der Waals surface area contributed by atoms with Crippen molar-refractivity contribution in [3.63, 3.8) is 0 Å². The fourth-order valence-corrected chi connectivity index (χ4v) is 7.24. The Bertz CT molecular complexity index is 2220. The third kappa shape index (κ3) is 4.73. The van der Waals surface area contributed by atoms with Crippen molar-refractivity contribution in [3.05, 3.63) is 145 Å². The number of benzene rings is 6. The van der Waals surface area contributed by atoms with E-state index in [1.54, 1.807) is 0 Å². The number of para-hydroxylation sites is 2. The minimum Gasteiger partial charge on any atom is -0.338 e. The third-order valence-corrected chi connectivity index (χ3v) is 9.41. The zero-order valence-corrected chi connectivity index (χ0v) is 26.9. The zero-order chi connectivity index (χ0) is 31.4. The third-order valence-electron chi connectivity index (χ3n) is 9.41. The van der Waals surface area contributed by atoms with E-state index < -0.39 is 0 Å². The van der Waals surface area contributed by atoms with Gasteiger partial charge in [0.1, 0.15) is 0 Å². The van der Waals surface area contributed by atoms with Crippen LogP contribution in [0.2, 0.25) is 0 Å². The summed E-state index contributed by atoms with van der Waals surface area (Å²) < 4.78 is 4.89. The van der Waals surface area contributed by atoms with Crippen LogP contribution in [0, 0.1) is 0 Å². The van der Waals surface area contributed by atoms with Gasteiger partial charge >= 0.3 is 0 Å². The number of nitrogens with zero attached hydrogens (tertiary/aromatic N) is 2. The predicted molar refractivity (Wildman–Crippen MR) is 199 cm³/mol. The average Bonchev–Trinajstić information content (AvgIpc) is 3.60. The normalized spacial score (nSPS) is 12.2. The fraction of sp³-hybridized carbons (Fsp3) is 0.136. The summed E-state index contributed by atoms with van der Waals surface area (Å²) >= 11 is 0. The van der Waals surface area contributed by atoms with Crippen molar-refractivity contribution in [1.82, 2.24) is 9.13 Å². The van der Waals surface area contributed by atoms with E-state index in [-0.39, 0.29) is 0 Å². The largest absolute Gasteiger partial charge is 0.338 e. The Morgan fingerprint density at radius 2 is 0.717 bits per heavy atom. The summed E-state index contributed by atoms with van der Waals surface area (Å²) in [4.78, 5) is 0. The Morgan fingerprint density at radius 1 is 0.370 bits per heavy atom. The van der Waals surface area contributed by atoms with Crippen LogP contribution in [0.1, 0.15) is 50.9 Å². The van der Waals surface area contributed by atoms with Gasteiger partial charge in [0.25, 0.3) is 0 Å². The Kier molecular flexibility index (Phi) is 6.87. The van der Waals surface area contributed by atoms with Gasteiger partial charge in [0.05, 0.1) is 0 Å². The highest BCUT2D eigenvalue weighted by Gasteiger charge is 2.15. The van der Waals surface area contributed by atoms with E-state index in [1.807, 2.05) is 0 Å². The van der Waals surface area contributed by atoms with Crippen LogP contribution in [0.4, 0.5) is 0 Å². The summed E-state index contributed by atoms with van der Waals surface area (Å²) in [5, 5.41) is 5.27. The maximum absolute atomic E-state index is 2.44. The molecule has 0 aliphatic carbocycles. The molecule has 46 heavy (non-hydrogen) atoms. The van der Waals surface area contributed by atoms with Crippen molar-refractivity contribution >= 4 is 55.8 Å². The van der Waals surface area contributed by atoms with Crippen LogP contribution >= 0.6 is 0 Å². The zero-order valence-electron chi connectivity index (χ0n) is 26.9. The molecule has 0 aliphatic heterocycles. The van der Waals surface area contributed by atoms with Crippen LogP contribution in [0.3, 0.4) is 0 Å². The Labute approximate surface area is 270 Å². The van der Waals surface area contributed by atoms with E-state index in [1.165, 1.54) is 77.0 Å². The Hall–Kier alpha value is -5.34.